The lowest BCUT2D eigenvalue weighted by Gasteiger charge is -2.09. The van der Waals surface area contributed by atoms with Crippen LogP contribution in [0.25, 0.3) is 0 Å². The number of carbonyl (C=O) groups is 2. The quantitative estimate of drug-likeness (QED) is 0.739. The number of aryl methyl sites for hydroxylation is 1. The van der Waals surface area contributed by atoms with Crippen LogP contribution in [-0.2, 0) is 4.79 Å². The van der Waals surface area contributed by atoms with Crippen LogP contribution in [0.2, 0.25) is 0 Å². The van der Waals surface area contributed by atoms with Gasteiger partial charge in [-0.3, -0.25) is 9.59 Å². The van der Waals surface area contributed by atoms with Gasteiger partial charge >= 0.3 is 0 Å². The van der Waals surface area contributed by atoms with Crippen LogP contribution in [0, 0.1) is 12.8 Å². The maximum Gasteiger partial charge on any atom is 0.255 e. The Bertz CT molecular complexity index is 484. The van der Waals surface area contributed by atoms with Crippen LogP contribution in [-0.4, -0.2) is 30.0 Å². The van der Waals surface area contributed by atoms with E-state index in [1.54, 1.807) is 12.1 Å². The molecule has 20 heavy (non-hydrogen) atoms. The first-order chi connectivity index (χ1) is 9.40. The van der Waals surface area contributed by atoms with E-state index in [-0.39, 0.29) is 36.1 Å². The van der Waals surface area contributed by atoms with E-state index >= 15 is 0 Å². The predicted molar refractivity (Wildman–Crippen MR) is 77.6 cm³/mol. The molecule has 0 bridgehead atoms. The summed E-state index contributed by atoms with van der Waals surface area (Å²) in [4.78, 5) is 23.3. The second-order valence-corrected chi connectivity index (χ2v) is 5.22. The summed E-state index contributed by atoms with van der Waals surface area (Å²) in [6.07, 6.45) is 0.227. The highest BCUT2D eigenvalue weighted by molar-refractivity contribution is 5.97. The van der Waals surface area contributed by atoms with E-state index in [2.05, 4.69) is 10.6 Å². The van der Waals surface area contributed by atoms with Crippen molar-refractivity contribution < 1.29 is 14.7 Å². The van der Waals surface area contributed by atoms with Crippen molar-refractivity contribution in [2.24, 2.45) is 5.92 Å². The molecule has 0 spiro atoms. The summed E-state index contributed by atoms with van der Waals surface area (Å²) < 4.78 is 0. The summed E-state index contributed by atoms with van der Waals surface area (Å²) in [6.45, 7) is 6.74. The lowest BCUT2D eigenvalue weighted by atomic mass is 10.1. The molecule has 0 fully saturated rings. The molecule has 2 amide bonds. The third-order valence-corrected chi connectivity index (χ3v) is 2.74. The van der Waals surface area contributed by atoms with E-state index in [9.17, 15) is 14.7 Å². The van der Waals surface area contributed by atoms with E-state index in [1.165, 1.54) is 6.07 Å². The molecule has 1 aromatic carbocycles. The summed E-state index contributed by atoms with van der Waals surface area (Å²) in [5, 5.41) is 15.1. The van der Waals surface area contributed by atoms with Crippen LogP contribution < -0.4 is 10.6 Å². The Hall–Kier alpha value is -2.04. The standard InChI is InChI=1S/C15H22N2O3/c1-10(2)9-17-14(19)6-7-16-15(20)12-5-4-11(3)8-13(12)18/h4-5,8,10,18H,6-7,9H2,1-3H3,(H,16,20)(H,17,19). The van der Waals surface area contributed by atoms with Crippen LogP contribution in [0.4, 0.5) is 0 Å². The van der Waals surface area contributed by atoms with Gasteiger partial charge in [-0.2, -0.15) is 0 Å². The van der Waals surface area contributed by atoms with Gasteiger partial charge in [0.15, 0.2) is 0 Å². The minimum absolute atomic E-state index is 0.0493. The normalized spacial score (nSPS) is 10.4. The van der Waals surface area contributed by atoms with Gasteiger partial charge in [0, 0.05) is 19.5 Å². The molecule has 0 unspecified atom stereocenters. The second kappa shape index (κ2) is 7.53. The minimum Gasteiger partial charge on any atom is -0.507 e. The number of hydrogen-bond donors (Lipinski definition) is 3. The van der Waals surface area contributed by atoms with Gasteiger partial charge in [-0.1, -0.05) is 19.9 Å². The van der Waals surface area contributed by atoms with Gasteiger partial charge in [0.25, 0.3) is 5.91 Å². The fourth-order valence-corrected chi connectivity index (χ4v) is 1.62. The average molecular weight is 278 g/mol. The molecule has 0 aromatic heterocycles. The molecule has 1 aromatic rings. The third-order valence-electron chi connectivity index (χ3n) is 2.74. The zero-order valence-electron chi connectivity index (χ0n) is 12.2. The number of benzene rings is 1. The molecular formula is C15H22N2O3. The predicted octanol–water partition coefficient (Wildman–Crippen LogP) is 1.59. The van der Waals surface area contributed by atoms with Crippen LogP contribution in [0.5, 0.6) is 5.75 Å². The topological polar surface area (TPSA) is 78.4 Å². The Kier molecular flexibility index (Phi) is 6.03. The van der Waals surface area contributed by atoms with E-state index < -0.39 is 0 Å². The zero-order valence-corrected chi connectivity index (χ0v) is 12.2. The summed E-state index contributed by atoms with van der Waals surface area (Å²) in [6, 6.07) is 4.85. The highest BCUT2D eigenvalue weighted by Crippen LogP contribution is 2.17. The van der Waals surface area contributed by atoms with Crippen molar-refractivity contribution in [1.29, 1.82) is 0 Å². The SMILES string of the molecule is Cc1ccc(C(=O)NCCC(=O)NCC(C)C)c(O)c1. The van der Waals surface area contributed by atoms with Gasteiger partial charge in [0.05, 0.1) is 5.56 Å². The fraction of sp³-hybridized carbons (Fsp3) is 0.467. The minimum atomic E-state index is -0.376. The maximum absolute atomic E-state index is 11.8. The highest BCUT2D eigenvalue weighted by Gasteiger charge is 2.11. The van der Waals surface area contributed by atoms with E-state index in [4.69, 9.17) is 0 Å². The van der Waals surface area contributed by atoms with Crippen LogP contribution in [0.3, 0.4) is 0 Å². The largest absolute Gasteiger partial charge is 0.507 e. The smallest absolute Gasteiger partial charge is 0.255 e. The number of phenolic OH excluding ortho intramolecular Hbond substituents is 1. The highest BCUT2D eigenvalue weighted by atomic mass is 16.3. The van der Waals surface area contributed by atoms with Gasteiger partial charge in [-0.15, -0.1) is 0 Å². The Labute approximate surface area is 119 Å². The second-order valence-electron chi connectivity index (χ2n) is 5.22. The van der Waals surface area contributed by atoms with E-state index in [1.807, 2.05) is 20.8 Å². The van der Waals surface area contributed by atoms with Gasteiger partial charge in [0.2, 0.25) is 5.91 Å². The number of nitrogens with one attached hydrogen (secondary N) is 2. The molecular weight excluding hydrogens is 256 g/mol. The first-order valence-corrected chi connectivity index (χ1v) is 6.74. The third kappa shape index (κ3) is 5.30. The van der Waals surface area contributed by atoms with Crippen LogP contribution in [0.15, 0.2) is 18.2 Å². The van der Waals surface area contributed by atoms with Gasteiger partial charge in [-0.25, -0.2) is 0 Å². The lowest BCUT2D eigenvalue weighted by molar-refractivity contribution is -0.121. The molecule has 3 N–H and O–H groups in total. The first-order valence-electron chi connectivity index (χ1n) is 6.74. The Balaban J connectivity index is 2.38. The van der Waals surface area contributed by atoms with Crippen LogP contribution in [0.1, 0.15) is 36.2 Å². The van der Waals surface area contributed by atoms with Gasteiger partial charge < -0.3 is 15.7 Å². The molecule has 5 heteroatoms. The number of carbonyl (C=O) groups excluding carboxylic acids is 2. The Morgan fingerprint density at radius 1 is 1.25 bits per heavy atom. The zero-order chi connectivity index (χ0) is 15.1. The van der Waals surface area contributed by atoms with Gasteiger partial charge in [-0.05, 0) is 30.5 Å². The molecule has 1 rings (SSSR count). The van der Waals surface area contributed by atoms with Crippen molar-refractivity contribution in [3.63, 3.8) is 0 Å². The average Bonchev–Trinajstić information content (AvgIpc) is 2.36. The number of rotatable bonds is 6. The molecule has 0 saturated carbocycles. The lowest BCUT2D eigenvalue weighted by Crippen LogP contribution is -2.32. The monoisotopic (exact) mass is 278 g/mol. The summed E-state index contributed by atoms with van der Waals surface area (Å²) in [7, 11) is 0. The van der Waals surface area contributed by atoms with Crippen molar-refractivity contribution in [2.45, 2.75) is 27.2 Å². The molecule has 110 valence electrons. The summed E-state index contributed by atoms with van der Waals surface area (Å²) in [5.41, 5.74) is 1.10. The first kappa shape index (κ1) is 16.0. The summed E-state index contributed by atoms with van der Waals surface area (Å²) >= 11 is 0. The Morgan fingerprint density at radius 3 is 2.55 bits per heavy atom. The maximum atomic E-state index is 11.8. The van der Waals surface area contributed by atoms with E-state index in [0.717, 1.165) is 5.56 Å². The van der Waals surface area contributed by atoms with Crippen molar-refractivity contribution in [2.75, 3.05) is 13.1 Å². The van der Waals surface area contributed by atoms with Gasteiger partial charge in [0.1, 0.15) is 5.75 Å². The molecule has 0 radical (unpaired) electrons. The number of phenols is 1. The van der Waals surface area contributed by atoms with Crippen molar-refractivity contribution in [1.82, 2.24) is 10.6 Å². The number of amides is 2. The number of hydrogen-bond acceptors (Lipinski definition) is 3. The molecule has 0 heterocycles. The number of aromatic hydroxyl groups is 1. The molecule has 0 aliphatic rings. The molecule has 0 aliphatic heterocycles. The van der Waals surface area contributed by atoms with Crippen LogP contribution >= 0.6 is 0 Å². The fourth-order valence-electron chi connectivity index (χ4n) is 1.62. The van der Waals surface area contributed by atoms with Crippen molar-refractivity contribution in [3.05, 3.63) is 29.3 Å². The van der Waals surface area contributed by atoms with Crippen molar-refractivity contribution in [3.8, 4) is 5.75 Å². The summed E-state index contributed by atoms with van der Waals surface area (Å²) in [5.74, 6) is -0.115. The molecule has 5 nitrogen and oxygen atoms in total. The Morgan fingerprint density at radius 2 is 1.95 bits per heavy atom. The molecule has 0 saturated heterocycles. The van der Waals surface area contributed by atoms with E-state index in [0.29, 0.717) is 12.5 Å². The molecule has 0 aliphatic carbocycles. The van der Waals surface area contributed by atoms with Crippen molar-refractivity contribution >= 4 is 11.8 Å². The molecule has 0 atom stereocenters.